The summed E-state index contributed by atoms with van der Waals surface area (Å²) < 4.78 is 0. The normalized spacial score (nSPS) is 26.1. The summed E-state index contributed by atoms with van der Waals surface area (Å²) in [6, 6.07) is 5.34. The molecule has 0 amide bonds. The van der Waals surface area contributed by atoms with Crippen molar-refractivity contribution in [2.24, 2.45) is 11.1 Å². The van der Waals surface area contributed by atoms with Crippen molar-refractivity contribution in [2.75, 3.05) is 0 Å². The van der Waals surface area contributed by atoms with Crippen LogP contribution in [0, 0.1) is 10.8 Å². The van der Waals surface area contributed by atoms with E-state index in [1.807, 2.05) is 25.1 Å². The molecule has 2 rings (SSSR count). The Kier molecular flexibility index (Phi) is 2.98. The lowest BCUT2D eigenvalue weighted by molar-refractivity contribution is 0.629. The van der Waals surface area contributed by atoms with Crippen LogP contribution in [-0.2, 0) is 0 Å². The van der Waals surface area contributed by atoms with Gasteiger partial charge in [-0.3, -0.25) is 0 Å². The maximum atomic E-state index is 10.4. The second-order valence-electron chi connectivity index (χ2n) is 3.99. The van der Waals surface area contributed by atoms with Gasteiger partial charge in [-0.2, -0.15) is 4.91 Å². The van der Waals surface area contributed by atoms with Crippen molar-refractivity contribution in [3.05, 3.63) is 38.7 Å². The second kappa shape index (κ2) is 4.11. The van der Waals surface area contributed by atoms with Crippen molar-refractivity contribution >= 4 is 23.2 Å². The predicted molar refractivity (Wildman–Crippen MR) is 62.6 cm³/mol. The number of hydrogen-bond acceptors (Lipinski definition) is 2. The lowest BCUT2D eigenvalue weighted by Gasteiger charge is -2.06. The number of rotatable bonds is 3. The molecule has 1 aliphatic carbocycles. The Balaban J connectivity index is 2.23. The van der Waals surface area contributed by atoms with E-state index < -0.39 is 0 Å². The highest BCUT2D eigenvalue weighted by molar-refractivity contribution is 6.36. The fraction of sp³-hybridized carbons (Fsp3) is 0.455. The van der Waals surface area contributed by atoms with Crippen LogP contribution in [0.15, 0.2) is 23.4 Å². The molecule has 0 aromatic heterocycles. The van der Waals surface area contributed by atoms with Gasteiger partial charge in [-0.1, -0.05) is 34.4 Å². The molecular weight excluding hydrogens is 233 g/mol. The lowest BCUT2D eigenvalue weighted by Crippen LogP contribution is -2.01. The van der Waals surface area contributed by atoms with Gasteiger partial charge in [-0.15, -0.1) is 0 Å². The van der Waals surface area contributed by atoms with E-state index in [0.29, 0.717) is 21.9 Å². The molecule has 0 saturated heterocycles. The fourth-order valence-corrected chi connectivity index (χ4v) is 2.70. The van der Waals surface area contributed by atoms with Gasteiger partial charge < -0.3 is 0 Å². The largest absolute Gasteiger partial charge is 0.151 e. The average Bonchev–Trinajstić information content (AvgIpc) is 2.96. The van der Waals surface area contributed by atoms with E-state index in [2.05, 4.69) is 5.18 Å². The highest BCUT2D eigenvalue weighted by Crippen LogP contribution is 2.53. The molecule has 1 aromatic carbocycles. The van der Waals surface area contributed by atoms with Crippen molar-refractivity contribution in [2.45, 2.75) is 25.3 Å². The molecule has 1 fully saturated rings. The Morgan fingerprint density at radius 1 is 1.40 bits per heavy atom. The molecule has 1 aromatic rings. The summed E-state index contributed by atoms with van der Waals surface area (Å²) in [5.41, 5.74) is 0.973. The summed E-state index contributed by atoms with van der Waals surface area (Å²) in [6.07, 6.45) is 0.955. The molecule has 80 valence electrons. The van der Waals surface area contributed by atoms with Gasteiger partial charge in [-0.05, 0) is 42.9 Å². The third kappa shape index (κ3) is 2.01. The number of halogens is 2. The van der Waals surface area contributed by atoms with Crippen LogP contribution < -0.4 is 0 Å². The lowest BCUT2D eigenvalue weighted by atomic mass is 10.1. The van der Waals surface area contributed by atoms with E-state index >= 15 is 0 Å². The monoisotopic (exact) mass is 243 g/mol. The summed E-state index contributed by atoms with van der Waals surface area (Å²) in [5.74, 6) is 0.610. The summed E-state index contributed by atoms with van der Waals surface area (Å²) >= 11 is 12.2. The van der Waals surface area contributed by atoms with E-state index in [0.717, 1.165) is 12.0 Å². The van der Waals surface area contributed by atoms with Crippen LogP contribution in [-0.4, -0.2) is 6.04 Å². The summed E-state index contributed by atoms with van der Waals surface area (Å²) in [5, 5.41) is 4.43. The first kappa shape index (κ1) is 10.9. The van der Waals surface area contributed by atoms with Gasteiger partial charge in [0, 0.05) is 10.0 Å². The van der Waals surface area contributed by atoms with Gasteiger partial charge in [0.2, 0.25) is 0 Å². The van der Waals surface area contributed by atoms with E-state index in [4.69, 9.17) is 23.2 Å². The third-order valence-electron chi connectivity index (χ3n) is 3.00. The Morgan fingerprint density at radius 3 is 2.53 bits per heavy atom. The summed E-state index contributed by atoms with van der Waals surface area (Å²) in [4.78, 5) is 10.4. The summed E-state index contributed by atoms with van der Waals surface area (Å²) in [7, 11) is 0. The van der Waals surface area contributed by atoms with Crippen LogP contribution in [0.25, 0.3) is 0 Å². The first-order chi connectivity index (χ1) is 7.15. The Bertz CT molecular complexity index is 374. The molecule has 0 bridgehead atoms. The van der Waals surface area contributed by atoms with Crippen LogP contribution in [0.5, 0.6) is 0 Å². The van der Waals surface area contributed by atoms with Crippen molar-refractivity contribution in [1.29, 1.82) is 0 Å². The minimum Gasteiger partial charge on any atom is -0.151 e. The molecule has 4 heteroatoms. The fourth-order valence-electron chi connectivity index (χ4n) is 2.02. The van der Waals surface area contributed by atoms with Crippen LogP contribution in [0.2, 0.25) is 10.0 Å². The van der Waals surface area contributed by atoms with Gasteiger partial charge in [0.1, 0.15) is 0 Å². The zero-order valence-electron chi connectivity index (χ0n) is 8.28. The number of nitroso groups, excluding NO2 is 1. The Labute approximate surface area is 98.6 Å². The quantitative estimate of drug-likeness (QED) is 0.730. The van der Waals surface area contributed by atoms with Crippen LogP contribution in [0.3, 0.4) is 0 Å². The number of hydrogen-bond donors (Lipinski definition) is 0. The number of nitrogens with zero attached hydrogens (tertiary/aromatic N) is 1. The molecule has 2 nitrogen and oxygen atoms in total. The molecule has 0 aliphatic heterocycles. The van der Waals surface area contributed by atoms with E-state index in [-0.39, 0.29) is 6.04 Å². The predicted octanol–water partition coefficient (Wildman–Crippen LogP) is 4.25. The highest BCUT2D eigenvalue weighted by Gasteiger charge is 2.44. The maximum Gasteiger partial charge on any atom is 0.0925 e. The van der Waals surface area contributed by atoms with Crippen LogP contribution in [0.1, 0.15) is 24.8 Å². The molecule has 0 heterocycles. The molecule has 1 aliphatic rings. The van der Waals surface area contributed by atoms with Crippen molar-refractivity contribution in [3.8, 4) is 0 Å². The topological polar surface area (TPSA) is 29.4 Å². The first-order valence-corrected chi connectivity index (χ1v) is 5.67. The Hall–Kier alpha value is -0.600. The first-order valence-electron chi connectivity index (χ1n) is 4.91. The van der Waals surface area contributed by atoms with Crippen LogP contribution >= 0.6 is 23.2 Å². The van der Waals surface area contributed by atoms with Gasteiger partial charge in [-0.25, -0.2) is 0 Å². The molecule has 3 unspecified atom stereocenters. The van der Waals surface area contributed by atoms with E-state index in [1.54, 1.807) is 0 Å². The smallest absolute Gasteiger partial charge is 0.0925 e. The third-order valence-corrected chi connectivity index (χ3v) is 3.66. The molecular formula is C11H11Cl2NO. The van der Waals surface area contributed by atoms with Crippen molar-refractivity contribution in [3.63, 3.8) is 0 Å². The zero-order chi connectivity index (χ0) is 11.0. The van der Waals surface area contributed by atoms with Gasteiger partial charge >= 0.3 is 0 Å². The second-order valence-corrected chi connectivity index (χ2v) is 4.80. The molecule has 0 N–H and O–H groups in total. The van der Waals surface area contributed by atoms with Gasteiger partial charge in [0.15, 0.2) is 0 Å². The van der Waals surface area contributed by atoms with E-state index in [9.17, 15) is 4.91 Å². The van der Waals surface area contributed by atoms with Gasteiger partial charge in [0.05, 0.1) is 6.04 Å². The molecule has 0 spiro atoms. The van der Waals surface area contributed by atoms with E-state index in [1.165, 1.54) is 0 Å². The maximum absolute atomic E-state index is 10.4. The minimum absolute atomic E-state index is 0.151. The average molecular weight is 244 g/mol. The standard InChI is InChI=1S/C11H11Cl2NO/c1-6(14-15)7-5-8(7)11-9(12)3-2-4-10(11)13/h2-4,6-8H,5H2,1H3. The zero-order valence-corrected chi connectivity index (χ0v) is 9.79. The molecule has 3 atom stereocenters. The SMILES string of the molecule is CC(N=O)C1CC1c1c(Cl)cccc1Cl. The van der Waals surface area contributed by atoms with Crippen LogP contribution in [0.4, 0.5) is 0 Å². The van der Waals surface area contributed by atoms with Gasteiger partial charge in [0.25, 0.3) is 0 Å². The molecule has 0 radical (unpaired) electrons. The number of benzene rings is 1. The highest BCUT2D eigenvalue weighted by atomic mass is 35.5. The molecule has 15 heavy (non-hydrogen) atoms. The Morgan fingerprint density at radius 2 is 2.00 bits per heavy atom. The molecule has 1 saturated carbocycles. The van der Waals surface area contributed by atoms with Crippen molar-refractivity contribution in [1.82, 2.24) is 0 Å². The summed E-state index contributed by atoms with van der Waals surface area (Å²) in [6.45, 7) is 1.84. The minimum atomic E-state index is -0.151. The van der Waals surface area contributed by atoms with Crippen molar-refractivity contribution < 1.29 is 0 Å².